The number of hydrogen-bond acceptors (Lipinski definition) is 3. The largest absolute Gasteiger partial charge is 0.313 e. The predicted octanol–water partition coefficient (Wildman–Crippen LogP) is -0.618. The van der Waals surface area contributed by atoms with E-state index in [4.69, 9.17) is 0 Å². The fourth-order valence-electron chi connectivity index (χ4n) is 1.34. The summed E-state index contributed by atoms with van der Waals surface area (Å²) in [6.07, 6.45) is 1.71. The Balaban J connectivity index is 2.05. The van der Waals surface area contributed by atoms with E-state index in [0.29, 0.717) is 0 Å². The number of likely N-dealkylation sites (N-methyl/N-ethyl adjacent to an activating group) is 1. The zero-order chi connectivity index (χ0) is 8.77. The van der Waals surface area contributed by atoms with Gasteiger partial charge in [0.05, 0.1) is 5.25 Å². The van der Waals surface area contributed by atoms with Crippen molar-refractivity contribution in [1.29, 1.82) is 0 Å². The average Bonchev–Trinajstić information content (AvgIpc) is 2.62. The highest BCUT2D eigenvalue weighted by atomic mass is 32.2. The molecule has 0 aromatic rings. The molecule has 1 aliphatic heterocycles. The second-order valence-electron chi connectivity index (χ2n) is 3.57. The van der Waals surface area contributed by atoms with Crippen molar-refractivity contribution in [2.24, 2.45) is 0 Å². The molecule has 1 heterocycles. The Labute approximate surface area is 73.0 Å². The Kier molecular flexibility index (Phi) is 1.89. The Hall–Kier alpha value is -0.130. The molecule has 12 heavy (non-hydrogen) atoms. The molecule has 1 saturated carbocycles. The van der Waals surface area contributed by atoms with Gasteiger partial charge < -0.3 is 5.32 Å². The first-order valence-electron chi connectivity index (χ1n) is 4.30. The molecule has 0 atom stereocenters. The zero-order valence-corrected chi connectivity index (χ0v) is 7.97. The molecule has 5 heteroatoms. The summed E-state index contributed by atoms with van der Waals surface area (Å²) in [6.45, 7) is 1.62. The minimum absolute atomic E-state index is 0.0666. The first-order chi connectivity index (χ1) is 5.62. The molecular weight excluding hydrogens is 176 g/mol. The van der Waals surface area contributed by atoms with Crippen LogP contribution in [0.4, 0.5) is 0 Å². The molecule has 2 rings (SSSR count). The molecule has 1 N–H and O–H groups in total. The third-order valence-electron chi connectivity index (χ3n) is 2.62. The lowest BCUT2D eigenvalue weighted by Gasteiger charge is -2.34. The summed E-state index contributed by atoms with van der Waals surface area (Å²) in [5, 5.41) is 3.00. The van der Waals surface area contributed by atoms with Crippen LogP contribution in [0.5, 0.6) is 0 Å². The quantitative estimate of drug-likeness (QED) is 0.645. The molecule has 0 aromatic carbocycles. The van der Waals surface area contributed by atoms with Crippen molar-refractivity contribution in [3.63, 3.8) is 0 Å². The van der Waals surface area contributed by atoms with Gasteiger partial charge in [0, 0.05) is 26.2 Å². The van der Waals surface area contributed by atoms with Gasteiger partial charge in [0.2, 0.25) is 10.0 Å². The first-order valence-corrected chi connectivity index (χ1v) is 5.80. The van der Waals surface area contributed by atoms with E-state index in [1.54, 1.807) is 11.4 Å². The van der Waals surface area contributed by atoms with Gasteiger partial charge in [-0.3, -0.25) is 0 Å². The van der Waals surface area contributed by atoms with Crippen LogP contribution in [0.15, 0.2) is 0 Å². The van der Waals surface area contributed by atoms with E-state index < -0.39 is 10.0 Å². The second-order valence-corrected chi connectivity index (χ2v) is 5.85. The van der Waals surface area contributed by atoms with Gasteiger partial charge >= 0.3 is 0 Å². The summed E-state index contributed by atoms with van der Waals surface area (Å²) in [6, 6.07) is 0.204. The molecule has 0 radical (unpaired) electrons. The van der Waals surface area contributed by atoms with Gasteiger partial charge in [-0.1, -0.05) is 0 Å². The van der Waals surface area contributed by atoms with E-state index in [2.05, 4.69) is 5.32 Å². The molecule has 0 amide bonds. The van der Waals surface area contributed by atoms with Gasteiger partial charge in [0.25, 0.3) is 0 Å². The highest BCUT2D eigenvalue weighted by Crippen LogP contribution is 2.31. The van der Waals surface area contributed by atoms with Crippen LogP contribution in [-0.2, 0) is 10.0 Å². The van der Waals surface area contributed by atoms with Crippen molar-refractivity contribution < 1.29 is 8.42 Å². The van der Waals surface area contributed by atoms with Gasteiger partial charge in [-0.15, -0.1) is 0 Å². The van der Waals surface area contributed by atoms with Crippen LogP contribution in [0.25, 0.3) is 0 Å². The molecule has 1 saturated heterocycles. The SMILES string of the molecule is CN(C1CNC1)S(=O)(=O)C1CC1. The Morgan fingerprint density at radius 1 is 1.33 bits per heavy atom. The van der Waals surface area contributed by atoms with Crippen molar-refractivity contribution in [3.05, 3.63) is 0 Å². The smallest absolute Gasteiger partial charge is 0.217 e. The Morgan fingerprint density at radius 2 is 1.92 bits per heavy atom. The van der Waals surface area contributed by atoms with Crippen LogP contribution in [0.2, 0.25) is 0 Å². The summed E-state index contributed by atoms with van der Waals surface area (Å²) >= 11 is 0. The van der Waals surface area contributed by atoms with E-state index in [9.17, 15) is 8.42 Å². The molecule has 0 aromatic heterocycles. The summed E-state index contributed by atoms with van der Waals surface area (Å²) in [5.41, 5.74) is 0. The number of rotatable bonds is 3. The van der Waals surface area contributed by atoms with Crippen LogP contribution in [-0.4, -0.2) is 44.2 Å². The number of hydrogen-bond donors (Lipinski definition) is 1. The van der Waals surface area contributed by atoms with E-state index in [0.717, 1.165) is 25.9 Å². The molecule has 0 spiro atoms. The van der Waals surface area contributed by atoms with Crippen molar-refractivity contribution >= 4 is 10.0 Å². The van der Waals surface area contributed by atoms with Crippen LogP contribution in [0.3, 0.4) is 0 Å². The lowest BCUT2D eigenvalue weighted by Crippen LogP contribution is -2.57. The molecule has 2 fully saturated rings. The fraction of sp³-hybridized carbons (Fsp3) is 1.00. The van der Waals surface area contributed by atoms with Crippen molar-refractivity contribution in [2.75, 3.05) is 20.1 Å². The van der Waals surface area contributed by atoms with Gasteiger partial charge in [-0.05, 0) is 12.8 Å². The summed E-state index contributed by atoms with van der Waals surface area (Å²) in [7, 11) is -1.24. The maximum Gasteiger partial charge on any atom is 0.217 e. The van der Waals surface area contributed by atoms with Crippen LogP contribution in [0.1, 0.15) is 12.8 Å². The van der Waals surface area contributed by atoms with Crippen LogP contribution < -0.4 is 5.32 Å². The fourth-order valence-corrected chi connectivity index (χ4v) is 3.11. The van der Waals surface area contributed by atoms with Gasteiger partial charge in [0.15, 0.2) is 0 Å². The molecule has 70 valence electrons. The molecule has 2 aliphatic rings. The monoisotopic (exact) mass is 190 g/mol. The minimum Gasteiger partial charge on any atom is -0.313 e. The van der Waals surface area contributed by atoms with Crippen LogP contribution in [0, 0.1) is 0 Å². The van der Waals surface area contributed by atoms with E-state index >= 15 is 0 Å². The summed E-state index contributed by atoms with van der Waals surface area (Å²) in [4.78, 5) is 0. The van der Waals surface area contributed by atoms with Gasteiger partial charge in [0.1, 0.15) is 0 Å². The highest BCUT2D eigenvalue weighted by molar-refractivity contribution is 7.90. The number of nitrogens with one attached hydrogen (secondary N) is 1. The molecule has 0 unspecified atom stereocenters. The Morgan fingerprint density at radius 3 is 2.25 bits per heavy atom. The average molecular weight is 190 g/mol. The molecule has 0 bridgehead atoms. The standard InChI is InChI=1S/C7H14N2O2S/c1-9(6-4-8-5-6)12(10,11)7-2-3-7/h6-8H,2-5H2,1H3. The van der Waals surface area contributed by atoms with Gasteiger partial charge in [-0.25, -0.2) is 8.42 Å². The van der Waals surface area contributed by atoms with Crippen molar-refractivity contribution in [1.82, 2.24) is 9.62 Å². The third kappa shape index (κ3) is 1.26. The second kappa shape index (κ2) is 2.68. The third-order valence-corrected chi connectivity index (χ3v) is 5.04. The zero-order valence-electron chi connectivity index (χ0n) is 7.16. The normalized spacial score (nSPS) is 25.8. The van der Waals surface area contributed by atoms with E-state index in [1.807, 2.05) is 0 Å². The van der Waals surface area contributed by atoms with E-state index in [1.165, 1.54) is 0 Å². The summed E-state index contributed by atoms with van der Waals surface area (Å²) in [5.74, 6) is 0. The molecular formula is C7H14N2O2S. The molecule has 4 nitrogen and oxygen atoms in total. The Bertz CT molecular complexity index is 267. The maximum absolute atomic E-state index is 11.6. The van der Waals surface area contributed by atoms with Crippen molar-refractivity contribution in [3.8, 4) is 0 Å². The lowest BCUT2D eigenvalue weighted by molar-refractivity contribution is 0.274. The summed E-state index contributed by atoms with van der Waals surface area (Å²) < 4.78 is 24.8. The predicted molar refractivity (Wildman–Crippen MR) is 46.4 cm³/mol. The molecule has 1 aliphatic carbocycles. The van der Waals surface area contributed by atoms with Gasteiger partial charge in [-0.2, -0.15) is 4.31 Å². The lowest BCUT2D eigenvalue weighted by atomic mass is 10.2. The highest BCUT2D eigenvalue weighted by Gasteiger charge is 2.42. The number of nitrogens with zero attached hydrogens (tertiary/aromatic N) is 1. The minimum atomic E-state index is -2.93. The topological polar surface area (TPSA) is 49.4 Å². The number of sulfonamides is 1. The van der Waals surface area contributed by atoms with Crippen LogP contribution >= 0.6 is 0 Å². The van der Waals surface area contributed by atoms with Crippen molar-refractivity contribution in [2.45, 2.75) is 24.1 Å². The first kappa shape index (κ1) is 8.47. The van der Waals surface area contributed by atoms with E-state index in [-0.39, 0.29) is 11.3 Å². The maximum atomic E-state index is 11.6.